The molecule has 0 spiro atoms. The van der Waals surface area contributed by atoms with Gasteiger partial charge in [0.2, 0.25) is 5.95 Å². The molecule has 0 radical (unpaired) electrons. The molecule has 3 heterocycles. The van der Waals surface area contributed by atoms with Gasteiger partial charge in [-0.1, -0.05) is 6.07 Å². The molecule has 6 nitrogen and oxygen atoms in total. The summed E-state index contributed by atoms with van der Waals surface area (Å²) in [6.07, 6.45) is 5.73. The highest BCUT2D eigenvalue weighted by Crippen LogP contribution is 2.39. The van der Waals surface area contributed by atoms with E-state index in [-0.39, 0.29) is 11.6 Å². The first-order valence-corrected chi connectivity index (χ1v) is 10.0. The van der Waals surface area contributed by atoms with E-state index in [1.54, 1.807) is 4.68 Å². The van der Waals surface area contributed by atoms with Crippen molar-refractivity contribution in [2.45, 2.75) is 44.2 Å². The zero-order valence-corrected chi connectivity index (χ0v) is 15.8. The number of nitrogens with one attached hydrogen (secondary N) is 1. The maximum Gasteiger partial charge on any atom is 0.242 e. The molecule has 1 aromatic carbocycles. The molecule has 2 unspecified atom stereocenters. The average Bonchev–Trinajstić information content (AvgIpc) is 3.23. The number of aromatic nitrogens is 3. The summed E-state index contributed by atoms with van der Waals surface area (Å²) in [4.78, 5) is 6.42. The number of halogens is 3. The molecule has 5 rings (SSSR count). The minimum atomic E-state index is -1.45. The van der Waals surface area contributed by atoms with Crippen molar-refractivity contribution in [2.75, 3.05) is 18.4 Å². The van der Waals surface area contributed by atoms with Crippen molar-refractivity contribution in [3.63, 3.8) is 0 Å². The fraction of sp³-hybridized carbons (Fsp3) is 0.550. The highest BCUT2D eigenvalue weighted by Gasteiger charge is 2.42. The molecule has 4 atom stereocenters. The van der Waals surface area contributed by atoms with Crippen molar-refractivity contribution in [1.82, 2.24) is 19.7 Å². The van der Waals surface area contributed by atoms with Gasteiger partial charge < -0.3 is 10.2 Å². The van der Waals surface area contributed by atoms with Crippen LogP contribution in [0.4, 0.5) is 19.1 Å². The first-order valence-electron chi connectivity index (χ1n) is 10.0. The molecule has 29 heavy (non-hydrogen) atoms. The summed E-state index contributed by atoms with van der Waals surface area (Å²) >= 11 is 0. The van der Waals surface area contributed by atoms with Crippen LogP contribution in [0, 0.1) is 40.7 Å². The summed E-state index contributed by atoms with van der Waals surface area (Å²) in [5.74, 6) is -2.44. The number of rotatable bonds is 3. The summed E-state index contributed by atoms with van der Waals surface area (Å²) in [5, 5.41) is 17.2. The van der Waals surface area contributed by atoms with Crippen LogP contribution in [0.1, 0.15) is 43.0 Å². The third kappa shape index (κ3) is 3.02. The fourth-order valence-electron chi connectivity index (χ4n) is 5.21. The zero-order valence-electron chi connectivity index (χ0n) is 15.8. The van der Waals surface area contributed by atoms with Crippen molar-refractivity contribution in [1.29, 1.82) is 5.26 Å². The molecular formula is C20H21F3N6. The zero-order chi connectivity index (χ0) is 20.1. The van der Waals surface area contributed by atoms with E-state index in [2.05, 4.69) is 21.6 Å². The Morgan fingerprint density at radius 1 is 1.07 bits per heavy atom. The lowest BCUT2D eigenvalue weighted by Crippen LogP contribution is -2.46. The molecule has 1 saturated carbocycles. The van der Waals surface area contributed by atoms with E-state index in [1.165, 1.54) is 6.07 Å². The van der Waals surface area contributed by atoms with E-state index in [4.69, 9.17) is 0 Å². The topological polar surface area (TPSA) is 69.8 Å². The molecule has 1 N–H and O–H groups in total. The molecule has 152 valence electrons. The lowest BCUT2D eigenvalue weighted by Gasteiger charge is -2.35. The van der Waals surface area contributed by atoms with Gasteiger partial charge in [-0.25, -0.2) is 17.9 Å². The van der Waals surface area contributed by atoms with E-state index in [9.17, 15) is 18.4 Å². The fourth-order valence-corrected chi connectivity index (χ4v) is 5.21. The van der Waals surface area contributed by atoms with Crippen molar-refractivity contribution in [2.24, 2.45) is 11.8 Å². The van der Waals surface area contributed by atoms with Gasteiger partial charge >= 0.3 is 0 Å². The molecule has 1 saturated heterocycles. The van der Waals surface area contributed by atoms with Crippen LogP contribution < -0.4 is 5.32 Å². The Kier molecular flexibility index (Phi) is 4.37. The Labute approximate surface area is 166 Å². The van der Waals surface area contributed by atoms with Crippen LogP contribution in [-0.4, -0.2) is 38.8 Å². The number of aryl methyl sites for hydroxylation is 1. The van der Waals surface area contributed by atoms with E-state index in [1.807, 2.05) is 4.90 Å². The first-order chi connectivity index (χ1) is 14.0. The third-order valence-electron chi connectivity index (χ3n) is 6.59. The van der Waals surface area contributed by atoms with Gasteiger partial charge in [-0.05, 0) is 43.6 Å². The number of anilines is 1. The Bertz CT molecular complexity index is 969. The second kappa shape index (κ2) is 6.94. The van der Waals surface area contributed by atoms with Crippen LogP contribution in [0.15, 0.2) is 12.1 Å². The van der Waals surface area contributed by atoms with Crippen LogP contribution in [0.5, 0.6) is 0 Å². The Morgan fingerprint density at radius 2 is 1.83 bits per heavy atom. The predicted octanol–water partition coefficient (Wildman–Crippen LogP) is 3.22. The second-order valence-corrected chi connectivity index (χ2v) is 8.25. The SMILES string of the molecule is N#CN1C[C@H]2CC[C@@H](C1)C2Nc1nc2n(n1)CCCC2c1ccc(F)c(F)c1F. The molecule has 2 aliphatic heterocycles. The molecule has 3 aliphatic rings. The Hall–Kier alpha value is -2.76. The van der Waals surface area contributed by atoms with E-state index < -0.39 is 23.4 Å². The van der Waals surface area contributed by atoms with Crippen LogP contribution in [0.2, 0.25) is 0 Å². The molecule has 2 aromatic rings. The van der Waals surface area contributed by atoms with Gasteiger partial charge in [0.1, 0.15) is 5.82 Å². The van der Waals surface area contributed by atoms with Gasteiger partial charge in [-0.3, -0.25) is 0 Å². The number of piperidine rings is 1. The van der Waals surface area contributed by atoms with Gasteiger partial charge in [-0.2, -0.15) is 10.2 Å². The number of nitrogens with zero attached hydrogens (tertiary/aromatic N) is 5. The average molecular weight is 402 g/mol. The van der Waals surface area contributed by atoms with Crippen LogP contribution in [-0.2, 0) is 6.54 Å². The maximum atomic E-state index is 14.4. The van der Waals surface area contributed by atoms with E-state index in [0.29, 0.717) is 36.6 Å². The number of likely N-dealkylation sites (tertiary alicyclic amines) is 1. The molecule has 2 fully saturated rings. The van der Waals surface area contributed by atoms with Crippen molar-refractivity contribution in [3.05, 3.63) is 41.0 Å². The summed E-state index contributed by atoms with van der Waals surface area (Å²) in [5.41, 5.74) is 0.117. The molecular weight excluding hydrogens is 381 g/mol. The van der Waals surface area contributed by atoms with Crippen molar-refractivity contribution >= 4 is 5.95 Å². The van der Waals surface area contributed by atoms with Gasteiger partial charge in [0.15, 0.2) is 23.6 Å². The number of nitriles is 1. The van der Waals surface area contributed by atoms with Crippen LogP contribution in [0.3, 0.4) is 0 Å². The summed E-state index contributed by atoms with van der Waals surface area (Å²) in [7, 11) is 0. The van der Waals surface area contributed by atoms with Crippen LogP contribution >= 0.6 is 0 Å². The largest absolute Gasteiger partial charge is 0.350 e. The molecule has 1 aromatic heterocycles. The van der Waals surface area contributed by atoms with Crippen molar-refractivity contribution < 1.29 is 13.2 Å². The molecule has 1 aliphatic carbocycles. The quantitative estimate of drug-likeness (QED) is 0.631. The third-order valence-corrected chi connectivity index (χ3v) is 6.59. The minimum Gasteiger partial charge on any atom is -0.350 e. The number of fused-ring (bicyclic) bond motifs is 3. The Morgan fingerprint density at radius 3 is 2.55 bits per heavy atom. The normalized spacial score (nSPS) is 28.1. The molecule has 9 heteroatoms. The summed E-state index contributed by atoms with van der Waals surface area (Å²) < 4.78 is 43.2. The van der Waals surface area contributed by atoms with Crippen LogP contribution in [0.25, 0.3) is 0 Å². The standard InChI is InChI=1S/C20H21F3N6/c21-15-6-5-13(16(22)17(15)23)14-2-1-7-29-19(14)26-20(27-29)25-18-11-3-4-12(18)9-28(8-11)10-24/h5-6,11-12,14,18H,1-4,7-9H2,(H,25,27)/t11-,12+,14?,18?. The second-order valence-electron chi connectivity index (χ2n) is 8.25. The first kappa shape index (κ1) is 18.3. The minimum absolute atomic E-state index is 0.117. The Balaban J connectivity index is 1.41. The van der Waals surface area contributed by atoms with E-state index >= 15 is 0 Å². The number of hydrogen-bond acceptors (Lipinski definition) is 5. The lowest BCUT2D eigenvalue weighted by atomic mass is 9.90. The molecule has 2 bridgehead atoms. The molecule has 0 amide bonds. The smallest absolute Gasteiger partial charge is 0.242 e. The number of benzene rings is 1. The van der Waals surface area contributed by atoms with Gasteiger partial charge in [-0.15, -0.1) is 5.10 Å². The monoisotopic (exact) mass is 402 g/mol. The lowest BCUT2D eigenvalue weighted by molar-refractivity contribution is 0.217. The number of hydrogen-bond donors (Lipinski definition) is 1. The van der Waals surface area contributed by atoms with Gasteiger partial charge in [0.25, 0.3) is 0 Å². The highest BCUT2D eigenvalue weighted by molar-refractivity contribution is 5.34. The summed E-state index contributed by atoms with van der Waals surface area (Å²) in [6, 6.07) is 2.47. The van der Waals surface area contributed by atoms with E-state index in [0.717, 1.165) is 38.4 Å². The van der Waals surface area contributed by atoms with Crippen molar-refractivity contribution in [3.8, 4) is 6.19 Å². The maximum absolute atomic E-state index is 14.4. The van der Waals surface area contributed by atoms with Gasteiger partial charge in [0, 0.05) is 37.2 Å². The van der Waals surface area contributed by atoms with Gasteiger partial charge in [0.05, 0.1) is 0 Å². The highest BCUT2D eigenvalue weighted by atomic mass is 19.2. The predicted molar refractivity (Wildman–Crippen MR) is 98.2 cm³/mol. The summed E-state index contributed by atoms with van der Waals surface area (Å²) in [6.45, 7) is 2.13.